The standard InChI is InChI=1S/C16H20FN3O3S2/c1-23-15-5-4-13(9-14(15)17)25(21,22)19-10-12-3-2-7-20(11-12)16-18-6-8-24-16/h4-6,8-9,12,19H,2-3,7,10-11H2,1H3. The molecule has 2 heterocycles. The normalized spacial score (nSPS) is 18.3. The van der Waals surface area contributed by atoms with Crippen molar-refractivity contribution in [2.45, 2.75) is 17.7 Å². The first-order chi connectivity index (χ1) is 12.0. The van der Waals surface area contributed by atoms with Gasteiger partial charge in [0.05, 0.1) is 12.0 Å². The fourth-order valence-corrected chi connectivity index (χ4v) is 4.71. The van der Waals surface area contributed by atoms with Crippen molar-refractivity contribution in [2.24, 2.45) is 5.92 Å². The van der Waals surface area contributed by atoms with E-state index in [1.165, 1.54) is 19.2 Å². The summed E-state index contributed by atoms with van der Waals surface area (Å²) >= 11 is 1.58. The van der Waals surface area contributed by atoms with Gasteiger partial charge in [0.1, 0.15) is 0 Å². The fraction of sp³-hybridized carbons (Fsp3) is 0.438. The molecule has 0 amide bonds. The SMILES string of the molecule is COc1ccc(S(=O)(=O)NCC2CCCN(c3nccs3)C2)cc1F. The quantitative estimate of drug-likeness (QED) is 0.827. The van der Waals surface area contributed by atoms with Crippen LogP contribution in [0.5, 0.6) is 5.75 Å². The Labute approximate surface area is 150 Å². The molecule has 1 aromatic carbocycles. The Kier molecular flexibility index (Phi) is 5.55. The maximum Gasteiger partial charge on any atom is 0.240 e. The van der Waals surface area contributed by atoms with Crippen molar-refractivity contribution in [1.82, 2.24) is 9.71 Å². The van der Waals surface area contributed by atoms with Gasteiger partial charge in [-0.25, -0.2) is 22.5 Å². The number of hydrogen-bond acceptors (Lipinski definition) is 6. The molecule has 0 saturated carbocycles. The number of thiazole rings is 1. The summed E-state index contributed by atoms with van der Waals surface area (Å²) < 4.78 is 46.0. The van der Waals surface area contributed by atoms with Gasteiger partial charge in [-0.15, -0.1) is 11.3 Å². The van der Waals surface area contributed by atoms with Gasteiger partial charge < -0.3 is 9.64 Å². The molecule has 25 heavy (non-hydrogen) atoms. The summed E-state index contributed by atoms with van der Waals surface area (Å²) in [6.45, 7) is 2.01. The molecule has 0 spiro atoms. The topological polar surface area (TPSA) is 71.5 Å². The van der Waals surface area contributed by atoms with E-state index in [-0.39, 0.29) is 16.6 Å². The van der Waals surface area contributed by atoms with Crippen molar-refractivity contribution in [3.63, 3.8) is 0 Å². The zero-order valence-corrected chi connectivity index (χ0v) is 15.4. The molecule has 1 aliphatic heterocycles. The Bertz CT molecular complexity index is 812. The number of nitrogens with one attached hydrogen (secondary N) is 1. The minimum atomic E-state index is -3.76. The van der Waals surface area contributed by atoms with Crippen LogP contribution in [-0.4, -0.2) is 40.1 Å². The summed E-state index contributed by atoms with van der Waals surface area (Å²) in [6.07, 6.45) is 3.70. The van der Waals surface area contributed by atoms with E-state index in [0.717, 1.165) is 37.1 Å². The summed E-state index contributed by atoms with van der Waals surface area (Å²) in [5, 5.41) is 2.89. The zero-order chi connectivity index (χ0) is 17.9. The molecule has 1 saturated heterocycles. The van der Waals surface area contributed by atoms with Gasteiger partial charge in [0.15, 0.2) is 16.7 Å². The van der Waals surface area contributed by atoms with Gasteiger partial charge in [-0.2, -0.15) is 0 Å². The van der Waals surface area contributed by atoms with Crippen molar-refractivity contribution in [3.8, 4) is 5.75 Å². The second-order valence-corrected chi connectivity index (χ2v) is 8.56. The van der Waals surface area contributed by atoms with Crippen LogP contribution in [0.15, 0.2) is 34.7 Å². The highest BCUT2D eigenvalue weighted by Crippen LogP contribution is 2.25. The number of hydrogen-bond donors (Lipinski definition) is 1. The van der Waals surface area contributed by atoms with Gasteiger partial charge in [0.25, 0.3) is 0 Å². The van der Waals surface area contributed by atoms with Crippen LogP contribution in [0.25, 0.3) is 0 Å². The van der Waals surface area contributed by atoms with Crippen molar-refractivity contribution in [1.29, 1.82) is 0 Å². The van der Waals surface area contributed by atoms with Crippen LogP contribution in [0, 0.1) is 11.7 Å². The second-order valence-electron chi connectivity index (χ2n) is 5.92. The Balaban J connectivity index is 1.63. The summed E-state index contributed by atoms with van der Waals surface area (Å²) in [4.78, 5) is 6.39. The third-order valence-electron chi connectivity index (χ3n) is 4.20. The van der Waals surface area contributed by atoms with Crippen LogP contribution in [0.4, 0.5) is 9.52 Å². The molecule has 1 fully saturated rings. The van der Waals surface area contributed by atoms with Crippen LogP contribution in [0.2, 0.25) is 0 Å². The number of nitrogens with zero attached hydrogens (tertiary/aromatic N) is 2. The molecule has 1 unspecified atom stereocenters. The van der Waals surface area contributed by atoms with Crippen molar-refractivity contribution in [2.75, 3.05) is 31.6 Å². The first kappa shape index (κ1) is 18.1. The van der Waals surface area contributed by atoms with E-state index in [1.807, 2.05) is 5.38 Å². The lowest BCUT2D eigenvalue weighted by molar-refractivity contribution is 0.385. The van der Waals surface area contributed by atoms with Crippen LogP contribution >= 0.6 is 11.3 Å². The Hall–Kier alpha value is -1.71. The number of ether oxygens (including phenoxy) is 1. The minimum Gasteiger partial charge on any atom is -0.494 e. The molecule has 0 aliphatic carbocycles. The molecule has 3 rings (SSSR count). The van der Waals surface area contributed by atoms with Crippen molar-refractivity contribution < 1.29 is 17.5 Å². The number of sulfonamides is 1. The van der Waals surface area contributed by atoms with Gasteiger partial charge in [0, 0.05) is 31.2 Å². The number of methoxy groups -OCH3 is 1. The molecule has 1 aliphatic rings. The third-order valence-corrected chi connectivity index (χ3v) is 6.46. The number of aromatic nitrogens is 1. The molecule has 0 bridgehead atoms. The maximum atomic E-state index is 13.8. The monoisotopic (exact) mass is 385 g/mol. The van der Waals surface area contributed by atoms with Crippen molar-refractivity contribution in [3.05, 3.63) is 35.6 Å². The molecular weight excluding hydrogens is 365 g/mol. The van der Waals surface area contributed by atoms with E-state index in [1.54, 1.807) is 17.5 Å². The molecule has 1 atom stereocenters. The lowest BCUT2D eigenvalue weighted by atomic mass is 9.99. The van der Waals surface area contributed by atoms with E-state index in [4.69, 9.17) is 4.74 Å². The van der Waals surface area contributed by atoms with Crippen LogP contribution in [-0.2, 0) is 10.0 Å². The summed E-state index contributed by atoms with van der Waals surface area (Å²) in [6, 6.07) is 3.63. The van der Waals surface area contributed by atoms with Crippen LogP contribution < -0.4 is 14.4 Å². The highest BCUT2D eigenvalue weighted by atomic mass is 32.2. The molecule has 2 aromatic rings. The van der Waals surface area contributed by atoms with Gasteiger partial charge in [0.2, 0.25) is 10.0 Å². The highest BCUT2D eigenvalue weighted by Gasteiger charge is 2.24. The van der Waals surface area contributed by atoms with E-state index in [9.17, 15) is 12.8 Å². The van der Waals surface area contributed by atoms with Gasteiger partial charge >= 0.3 is 0 Å². The number of benzene rings is 1. The Morgan fingerprint density at radius 2 is 2.32 bits per heavy atom. The van der Waals surface area contributed by atoms with Crippen LogP contribution in [0.1, 0.15) is 12.8 Å². The second kappa shape index (κ2) is 7.67. The minimum absolute atomic E-state index is 0.0188. The molecule has 136 valence electrons. The van der Waals surface area contributed by atoms with E-state index in [2.05, 4.69) is 14.6 Å². The van der Waals surface area contributed by atoms with Gasteiger partial charge in [-0.1, -0.05) is 0 Å². The molecule has 6 nitrogen and oxygen atoms in total. The zero-order valence-electron chi connectivity index (χ0n) is 13.8. The lowest BCUT2D eigenvalue weighted by Gasteiger charge is -2.32. The highest BCUT2D eigenvalue weighted by molar-refractivity contribution is 7.89. The summed E-state index contributed by atoms with van der Waals surface area (Å²) in [5.74, 6) is -0.487. The molecule has 9 heteroatoms. The fourth-order valence-electron chi connectivity index (χ4n) is 2.90. The van der Waals surface area contributed by atoms with Gasteiger partial charge in [-0.3, -0.25) is 0 Å². The smallest absolute Gasteiger partial charge is 0.240 e. The first-order valence-electron chi connectivity index (χ1n) is 7.97. The predicted molar refractivity (Wildman–Crippen MR) is 95.2 cm³/mol. The Morgan fingerprint density at radius 1 is 1.48 bits per heavy atom. The molecule has 1 N–H and O–H groups in total. The summed E-state index contributed by atoms with van der Waals surface area (Å²) in [7, 11) is -2.42. The predicted octanol–water partition coefficient (Wildman–Crippen LogP) is 2.49. The third kappa shape index (κ3) is 4.28. The molecular formula is C16H20FN3O3S2. The largest absolute Gasteiger partial charge is 0.494 e. The molecule has 0 radical (unpaired) electrons. The average Bonchev–Trinajstić information content (AvgIpc) is 3.15. The summed E-state index contributed by atoms with van der Waals surface area (Å²) in [5.41, 5.74) is 0. The average molecular weight is 385 g/mol. The van der Waals surface area contributed by atoms with E-state index < -0.39 is 15.8 Å². The van der Waals surface area contributed by atoms with Crippen LogP contribution in [0.3, 0.4) is 0 Å². The number of anilines is 1. The van der Waals surface area contributed by atoms with Gasteiger partial charge in [-0.05, 0) is 37.0 Å². The van der Waals surface area contributed by atoms with Crippen molar-refractivity contribution >= 4 is 26.5 Å². The first-order valence-corrected chi connectivity index (χ1v) is 10.3. The molecule has 1 aromatic heterocycles. The Morgan fingerprint density at radius 3 is 3.00 bits per heavy atom. The number of rotatable bonds is 6. The van der Waals surface area contributed by atoms with E-state index in [0.29, 0.717) is 6.54 Å². The number of halogens is 1. The van der Waals surface area contributed by atoms with E-state index >= 15 is 0 Å². The maximum absolute atomic E-state index is 13.8. The lowest BCUT2D eigenvalue weighted by Crippen LogP contribution is -2.41. The number of piperidine rings is 1.